The predicted octanol–water partition coefficient (Wildman–Crippen LogP) is 6.31. The van der Waals surface area contributed by atoms with Gasteiger partial charge in [-0.05, 0) is 50.2 Å². The van der Waals surface area contributed by atoms with Crippen molar-refractivity contribution in [1.29, 1.82) is 0 Å². The molecule has 27 heavy (non-hydrogen) atoms. The summed E-state index contributed by atoms with van der Waals surface area (Å²) in [6.07, 6.45) is 7.84. The Balaban J connectivity index is 3.46. The van der Waals surface area contributed by atoms with Gasteiger partial charge >= 0.3 is 0 Å². The molecule has 2 nitrogen and oxygen atoms in total. The lowest BCUT2D eigenvalue weighted by atomic mass is 9.70. The Morgan fingerprint density at radius 1 is 1.19 bits per heavy atom. The summed E-state index contributed by atoms with van der Waals surface area (Å²) in [5.74, 6) is 3.61. The molecule has 1 N–H and O–H groups in total. The van der Waals surface area contributed by atoms with Gasteiger partial charge in [0.2, 0.25) is 0 Å². The minimum absolute atomic E-state index is 0.0462. The summed E-state index contributed by atoms with van der Waals surface area (Å²) in [4.78, 5) is 0. The third-order valence-electron chi connectivity index (χ3n) is 6.33. The largest absolute Gasteiger partial charge is 0.412 e. The molecule has 3 atom stereocenters. The van der Waals surface area contributed by atoms with Crippen LogP contribution in [0.3, 0.4) is 0 Å². The Morgan fingerprint density at radius 3 is 2.22 bits per heavy atom. The normalized spacial score (nSPS) is 29.1. The summed E-state index contributed by atoms with van der Waals surface area (Å²) in [5, 5.41) is 11.7. The van der Waals surface area contributed by atoms with E-state index in [1.165, 1.54) is 0 Å². The van der Waals surface area contributed by atoms with Crippen LogP contribution in [0.2, 0.25) is 37.8 Å². The molecule has 0 aromatic rings. The van der Waals surface area contributed by atoms with Gasteiger partial charge in [-0.15, -0.1) is 18.7 Å². The number of allylic oxidation sites excluding steroid dienone is 1. The highest BCUT2D eigenvalue weighted by Gasteiger charge is 2.59. The Bertz CT molecular complexity index is 601. The number of aliphatic hydroxyl groups is 1. The average molecular weight is 407 g/mol. The third kappa shape index (κ3) is 5.47. The van der Waals surface area contributed by atoms with Gasteiger partial charge in [0.15, 0.2) is 8.32 Å². The first-order valence-electron chi connectivity index (χ1n) is 10.3. The molecule has 0 amide bonds. The van der Waals surface area contributed by atoms with Crippen molar-refractivity contribution < 1.29 is 9.53 Å². The molecule has 0 aromatic carbocycles. The lowest BCUT2D eigenvalue weighted by molar-refractivity contribution is -0.0341. The topological polar surface area (TPSA) is 29.5 Å². The predicted molar refractivity (Wildman–Crippen MR) is 124 cm³/mol. The van der Waals surface area contributed by atoms with Crippen molar-refractivity contribution in [3.05, 3.63) is 25.3 Å². The van der Waals surface area contributed by atoms with Crippen LogP contribution in [0.5, 0.6) is 0 Å². The van der Waals surface area contributed by atoms with Gasteiger partial charge in [-0.25, -0.2) is 0 Å². The van der Waals surface area contributed by atoms with Gasteiger partial charge in [-0.1, -0.05) is 58.5 Å². The molecule has 1 aliphatic rings. The Labute approximate surface area is 170 Å². The first-order chi connectivity index (χ1) is 12.1. The summed E-state index contributed by atoms with van der Waals surface area (Å²) in [5.41, 5.74) is 2.00. The standard InChI is InChI=1S/C23H42O2Si2/c1-11-13-14-16-22(18-19-26(6,7)8)20(15-17-23(22,24)12-2)25-27(9,10)21(3,4)5/h11-12,20,24H,1-2,13-17H2,3-10H3/t20-,22+,23+/m1/s1. The van der Waals surface area contributed by atoms with Gasteiger partial charge in [-0.2, -0.15) is 0 Å². The zero-order chi connectivity index (χ0) is 21.1. The molecule has 0 unspecified atom stereocenters. The van der Waals surface area contributed by atoms with Gasteiger partial charge in [0.05, 0.1) is 11.5 Å². The summed E-state index contributed by atoms with van der Waals surface area (Å²) >= 11 is 0. The van der Waals surface area contributed by atoms with Crippen LogP contribution in [-0.2, 0) is 4.43 Å². The molecular formula is C23H42O2Si2. The van der Waals surface area contributed by atoms with Gasteiger partial charge in [0.25, 0.3) is 0 Å². The number of hydrogen-bond donors (Lipinski definition) is 1. The molecule has 1 fully saturated rings. The molecule has 0 saturated heterocycles. The SMILES string of the molecule is C=CCCC[C@]1(C#C[Si](C)(C)C)[C@H](O[Si](C)(C)C(C)(C)C)CC[C@@]1(O)C=C. The van der Waals surface area contributed by atoms with E-state index in [0.29, 0.717) is 6.42 Å². The summed E-state index contributed by atoms with van der Waals surface area (Å²) in [6.45, 7) is 26.0. The molecule has 1 aliphatic carbocycles. The van der Waals surface area contributed by atoms with Gasteiger partial charge in [0.1, 0.15) is 13.7 Å². The summed E-state index contributed by atoms with van der Waals surface area (Å²) in [7, 11) is -3.57. The van der Waals surface area contributed by atoms with Crippen molar-refractivity contribution in [3.8, 4) is 11.5 Å². The van der Waals surface area contributed by atoms with Crippen molar-refractivity contribution in [3.63, 3.8) is 0 Å². The quantitative estimate of drug-likeness (QED) is 0.232. The molecule has 0 bridgehead atoms. The maximum absolute atomic E-state index is 11.6. The minimum Gasteiger partial charge on any atom is -0.412 e. The molecule has 0 aliphatic heterocycles. The van der Waals surface area contributed by atoms with Crippen LogP contribution >= 0.6 is 0 Å². The second-order valence-corrected chi connectivity index (χ2v) is 20.2. The number of unbranched alkanes of at least 4 members (excludes halogenated alkanes) is 1. The fourth-order valence-electron chi connectivity index (χ4n) is 3.53. The highest BCUT2D eigenvalue weighted by atomic mass is 28.4. The van der Waals surface area contributed by atoms with Crippen LogP contribution in [0.15, 0.2) is 25.3 Å². The fraction of sp³-hybridized carbons (Fsp3) is 0.739. The fourth-order valence-corrected chi connectivity index (χ4v) is 5.51. The molecule has 0 spiro atoms. The van der Waals surface area contributed by atoms with Crippen LogP contribution in [0.25, 0.3) is 0 Å². The summed E-state index contributed by atoms with van der Waals surface area (Å²) in [6, 6.07) is 0. The number of rotatable bonds is 7. The molecule has 0 radical (unpaired) electrons. The van der Waals surface area contributed by atoms with Gasteiger partial charge in [0, 0.05) is 0 Å². The second kappa shape index (κ2) is 8.41. The molecule has 154 valence electrons. The first-order valence-corrected chi connectivity index (χ1v) is 16.7. The van der Waals surface area contributed by atoms with E-state index in [-0.39, 0.29) is 11.1 Å². The molecule has 4 heteroatoms. The van der Waals surface area contributed by atoms with Crippen molar-refractivity contribution in [1.82, 2.24) is 0 Å². The first kappa shape index (κ1) is 24.4. The second-order valence-electron chi connectivity index (χ2n) is 10.7. The monoisotopic (exact) mass is 406 g/mol. The van der Waals surface area contributed by atoms with E-state index < -0.39 is 27.4 Å². The molecule has 0 heterocycles. The maximum atomic E-state index is 11.6. The lowest BCUT2D eigenvalue weighted by Gasteiger charge is -2.46. The highest BCUT2D eigenvalue weighted by molar-refractivity contribution is 6.83. The minimum atomic E-state index is -1.98. The van der Waals surface area contributed by atoms with Crippen molar-refractivity contribution in [2.45, 2.75) is 102 Å². The smallest absolute Gasteiger partial charge is 0.192 e. The highest BCUT2D eigenvalue weighted by Crippen LogP contribution is 2.54. The van der Waals surface area contributed by atoms with Crippen LogP contribution in [0.4, 0.5) is 0 Å². The molecule has 1 saturated carbocycles. The molecule has 1 rings (SSSR count). The Kier molecular flexibility index (Phi) is 7.61. The summed E-state index contributed by atoms with van der Waals surface area (Å²) < 4.78 is 6.89. The van der Waals surface area contributed by atoms with Crippen molar-refractivity contribution >= 4 is 16.4 Å². The van der Waals surface area contributed by atoms with Crippen molar-refractivity contribution in [2.24, 2.45) is 5.41 Å². The van der Waals surface area contributed by atoms with Crippen LogP contribution in [0, 0.1) is 16.9 Å². The zero-order valence-electron chi connectivity index (χ0n) is 19.0. The Morgan fingerprint density at radius 2 is 1.78 bits per heavy atom. The van der Waals surface area contributed by atoms with Crippen LogP contribution in [-0.4, -0.2) is 33.2 Å². The van der Waals surface area contributed by atoms with Crippen LogP contribution < -0.4 is 0 Å². The molecular weight excluding hydrogens is 364 g/mol. The van der Waals surface area contributed by atoms with Gasteiger partial charge in [-0.3, -0.25) is 0 Å². The Hall–Kier alpha value is -0.606. The number of hydrogen-bond acceptors (Lipinski definition) is 2. The van der Waals surface area contributed by atoms with E-state index in [4.69, 9.17) is 4.43 Å². The average Bonchev–Trinajstić information content (AvgIpc) is 2.78. The van der Waals surface area contributed by atoms with Crippen molar-refractivity contribution in [2.75, 3.05) is 0 Å². The van der Waals surface area contributed by atoms with E-state index in [9.17, 15) is 5.11 Å². The zero-order valence-corrected chi connectivity index (χ0v) is 21.0. The van der Waals surface area contributed by atoms with E-state index >= 15 is 0 Å². The lowest BCUT2D eigenvalue weighted by Crippen LogP contribution is -2.53. The van der Waals surface area contributed by atoms with E-state index in [1.54, 1.807) is 6.08 Å². The van der Waals surface area contributed by atoms with E-state index in [0.717, 1.165) is 25.7 Å². The molecule has 0 aromatic heterocycles. The third-order valence-corrected chi connectivity index (χ3v) is 11.7. The van der Waals surface area contributed by atoms with Crippen LogP contribution in [0.1, 0.15) is 52.9 Å². The van der Waals surface area contributed by atoms with Gasteiger partial charge < -0.3 is 9.53 Å². The van der Waals surface area contributed by atoms with E-state index in [1.807, 2.05) is 6.08 Å². The van der Waals surface area contributed by atoms with E-state index in [2.05, 4.69) is 78.1 Å². The maximum Gasteiger partial charge on any atom is 0.192 e.